The molecule has 0 amide bonds. The third-order valence-electron chi connectivity index (χ3n) is 2.57. The number of hydrogen-bond acceptors (Lipinski definition) is 0. The van der Waals surface area contributed by atoms with Crippen LogP contribution in [0.4, 0.5) is 13.2 Å². The quantitative estimate of drug-likeness (QED) is 0.703. The molecule has 0 aliphatic rings. The first-order valence-electron chi connectivity index (χ1n) is 5.54. The summed E-state index contributed by atoms with van der Waals surface area (Å²) in [6.45, 7) is 4.19. The van der Waals surface area contributed by atoms with Gasteiger partial charge in [0.2, 0.25) is 0 Å². The van der Waals surface area contributed by atoms with Crippen LogP contribution in [0.25, 0.3) is 0 Å². The Bertz CT molecular complexity index is 309. The fourth-order valence-corrected chi connectivity index (χ4v) is 1.56. The van der Waals surface area contributed by atoms with E-state index < -0.39 is 12.6 Å². The molecule has 16 heavy (non-hydrogen) atoms. The summed E-state index contributed by atoms with van der Waals surface area (Å²) < 4.78 is 35.8. The van der Waals surface area contributed by atoms with Crippen molar-refractivity contribution in [3.05, 3.63) is 35.4 Å². The molecule has 0 heterocycles. The molecule has 0 aliphatic heterocycles. The summed E-state index contributed by atoms with van der Waals surface area (Å²) >= 11 is 0. The third-order valence-corrected chi connectivity index (χ3v) is 2.57. The first kappa shape index (κ1) is 13.1. The van der Waals surface area contributed by atoms with Crippen molar-refractivity contribution in [2.24, 2.45) is 0 Å². The van der Waals surface area contributed by atoms with Crippen molar-refractivity contribution >= 4 is 0 Å². The highest BCUT2D eigenvalue weighted by Crippen LogP contribution is 2.23. The van der Waals surface area contributed by atoms with E-state index >= 15 is 0 Å². The van der Waals surface area contributed by atoms with E-state index in [-0.39, 0.29) is 6.42 Å². The first-order chi connectivity index (χ1) is 7.38. The van der Waals surface area contributed by atoms with Crippen LogP contribution in [-0.4, -0.2) is 6.18 Å². The van der Waals surface area contributed by atoms with Crippen LogP contribution in [0.1, 0.15) is 43.7 Å². The molecule has 0 aromatic heterocycles. The predicted octanol–water partition coefficient (Wildman–Crippen LogP) is 4.70. The molecule has 90 valence electrons. The minimum Gasteiger partial charge on any atom is -0.171 e. The molecular formula is C13H17F3. The average Bonchev–Trinajstić information content (AvgIpc) is 2.16. The summed E-state index contributed by atoms with van der Waals surface area (Å²) in [5.74, 6) is 0.462. The summed E-state index contributed by atoms with van der Waals surface area (Å²) in [6, 6.07) is 7.83. The van der Waals surface area contributed by atoms with Gasteiger partial charge < -0.3 is 0 Å². The van der Waals surface area contributed by atoms with Crippen LogP contribution in [0.3, 0.4) is 0 Å². The van der Waals surface area contributed by atoms with Gasteiger partial charge in [0, 0.05) is 6.42 Å². The van der Waals surface area contributed by atoms with Gasteiger partial charge in [0.15, 0.2) is 0 Å². The molecule has 1 rings (SSSR count). The second-order valence-electron chi connectivity index (χ2n) is 4.37. The first-order valence-corrected chi connectivity index (χ1v) is 5.54. The van der Waals surface area contributed by atoms with Crippen LogP contribution in [0.2, 0.25) is 0 Å². The monoisotopic (exact) mass is 230 g/mol. The Hall–Kier alpha value is -0.990. The highest BCUT2D eigenvalue weighted by Gasteiger charge is 2.25. The van der Waals surface area contributed by atoms with Gasteiger partial charge in [0.05, 0.1) is 0 Å². The maximum Gasteiger partial charge on any atom is 0.389 e. The van der Waals surface area contributed by atoms with E-state index in [1.54, 1.807) is 0 Å². The molecule has 1 aromatic carbocycles. The normalized spacial score (nSPS) is 12.1. The number of hydrogen-bond donors (Lipinski definition) is 0. The van der Waals surface area contributed by atoms with Crippen molar-refractivity contribution in [2.45, 2.75) is 45.2 Å². The Kier molecular flexibility index (Phi) is 4.39. The lowest BCUT2D eigenvalue weighted by atomic mass is 10.00. The van der Waals surface area contributed by atoms with Gasteiger partial charge >= 0.3 is 6.18 Å². The van der Waals surface area contributed by atoms with Gasteiger partial charge in [0.25, 0.3) is 0 Å². The number of rotatable bonds is 4. The largest absolute Gasteiger partial charge is 0.389 e. The SMILES string of the molecule is CC(C)c1ccc(CCCC(F)(F)F)cc1. The second-order valence-corrected chi connectivity index (χ2v) is 4.37. The van der Waals surface area contributed by atoms with Gasteiger partial charge in [-0.05, 0) is 29.9 Å². The van der Waals surface area contributed by atoms with Gasteiger partial charge in [-0.15, -0.1) is 0 Å². The molecule has 0 spiro atoms. The van der Waals surface area contributed by atoms with Gasteiger partial charge in [0.1, 0.15) is 0 Å². The molecule has 0 bridgehead atoms. The highest BCUT2D eigenvalue weighted by atomic mass is 19.4. The summed E-state index contributed by atoms with van der Waals surface area (Å²) in [6.07, 6.45) is -4.06. The standard InChI is InChI=1S/C13H17F3/c1-10(2)12-7-5-11(6-8-12)4-3-9-13(14,15)16/h5-8,10H,3-4,9H2,1-2H3. The van der Waals surface area contributed by atoms with Crippen molar-refractivity contribution < 1.29 is 13.2 Å². The fourth-order valence-electron chi connectivity index (χ4n) is 1.56. The minimum absolute atomic E-state index is 0.171. The zero-order valence-corrected chi connectivity index (χ0v) is 9.64. The molecule has 0 atom stereocenters. The van der Waals surface area contributed by atoms with Gasteiger partial charge in [-0.1, -0.05) is 38.1 Å². The molecular weight excluding hydrogens is 213 g/mol. The van der Waals surface area contributed by atoms with E-state index in [0.29, 0.717) is 12.3 Å². The van der Waals surface area contributed by atoms with E-state index in [1.807, 2.05) is 24.3 Å². The van der Waals surface area contributed by atoms with Crippen LogP contribution in [-0.2, 0) is 6.42 Å². The molecule has 0 saturated heterocycles. The van der Waals surface area contributed by atoms with Gasteiger partial charge in [-0.2, -0.15) is 13.2 Å². The molecule has 1 aromatic rings. The summed E-state index contributed by atoms with van der Waals surface area (Å²) in [5.41, 5.74) is 2.20. The lowest BCUT2D eigenvalue weighted by molar-refractivity contribution is -0.135. The van der Waals surface area contributed by atoms with E-state index in [0.717, 1.165) is 5.56 Å². The van der Waals surface area contributed by atoms with Crippen LogP contribution < -0.4 is 0 Å². The molecule has 0 nitrogen and oxygen atoms in total. The third kappa shape index (κ3) is 4.69. The highest BCUT2D eigenvalue weighted by molar-refractivity contribution is 5.24. The Morgan fingerprint density at radius 2 is 1.62 bits per heavy atom. The number of halogens is 3. The smallest absolute Gasteiger partial charge is 0.171 e. The molecule has 0 aliphatic carbocycles. The summed E-state index contributed by atoms with van der Waals surface area (Å²) in [7, 11) is 0. The average molecular weight is 230 g/mol. The van der Waals surface area contributed by atoms with Crippen molar-refractivity contribution in [2.75, 3.05) is 0 Å². The van der Waals surface area contributed by atoms with Crippen LogP contribution >= 0.6 is 0 Å². The van der Waals surface area contributed by atoms with E-state index in [1.165, 1.54) is 5.56 Å². The zero-order chi connectivity index (χ0) is 12.2. The van der Waals surface area contributed by atoms with Crippen molar-refractivity contribution in [3.8, 4) is 0 Å². The van der Waals surface area contributed by atoms with E-state index in [4.69, 9.17) is 0 Å². The predicted molar refractivity (Wildman–Crippen MR) is 59.5 cm³/mol. The molecule has 0 saturated carbocycles. The summed E-state index contributed by atoms with van der Waals surface area (Å²) in [5, 5.41) is 0. The lowest BCUT2D eigenvalue weighted by Crippen LogP contribution is -2.07. The Morgan fingerprint density at radius 1 is 1.06 bits per heavy atom. The van der Waals surface area contributed by atoms with E-state index in [2.05, 4.69) is 13.8 Å². The Labute approximate surface area is 94.5 Å². The second kappa shape index (κ2) is 5.37. The van der Waals surface area contributed by atoms with Crippen molar-refractivity contribution in [3.63, 3.8) is 0 Å². The molecule has 0 fully saturated rings. The number of alkyl halides is 3. The molecule has 0 N–H and O–H groups in total. The number of benzene rings is 1. The van der Waals surface area contributed by atoms with Crippen LogP contribution in [0.15, 0.2) is 24.3 Å². The van der Waals surface area contributed by atoms with Crippen LogP contribution in [0, 0.1) is 0 Å². The van der Waals surface area contributed by atoms with Crippen molar-refractivity contribution in [1.29, 1.82) is 0 Å². The summed E-state index contributed by atoms with van der Waals surface area (Å²) in [4.78, 5) is 0. The maximum absolute atomic E-state index is 11.9. The van der Waals surface area contributed by atoms with E-state index in [9.17, 15) is 13.2 Å². The van der Waals surface area contributed by atoms with Gasteiger partial charge in [-0.25, -0.2) is 0 Å². The molecule has 0 unspecified atom stereocenters. The Morgan fingerprint density at radius 3 is 2.06 bits per heavy atom. The number of aryl methyl sites for hydroxylation is 1. The topological polar surface area (TPSA) is 0 Å². The van der Waals surface area contributed by atoms with Gasteiger partial charge in [-0.3, -0.25) is 0 Å². The Balaban J connectivity index is 2.44. The fraction of sp³-hybridized carbons (Fsp3) is 0.538. The minimum atomic E-state index is -4.03. The molecule has 0 radical (unpaired) electrons. The lowest BCUT2D eigenvalue weighted by Gasteiger charge is -2.08. The maximum atomic E-state index is 11.9. The molecule has 3 heteroatoms. The zero-order valence-electron chi connectivity index (χ0n) is 9.64. The van der Waals surface area contributed by atoms with Crippen molar-refractivity contribution in [1.82, 2.24) is 0 Å². The van der Waals surface area contributed by atoms with Crippen LogP contribution in [0.5, 0.6) is 0 Å².